The number of carbonyl (C=O) groups excluding carboxylic acids is 2. The molecule has 1 amide bonds. The zero-order valence-electron chi connectivity index (χ0n) is 21.6. The van der Waals surface area contributed by atoms with E-state index in [0.717, 1.165) is 22.6 Å². The van der Waals surface area contributed by atoms with Gasteiger partial charge >= 0.3 is 0 Å². The molecule has 1 fully saturated rings. The van der Waals surface area contributed by atoms with Crippen LogP contribution in [0.5, 0.6) is 17.2 Å². The van der Waals surface area contributed by atoms with E-state index in [-0.39, 0.29) is 16.8 Å². The van der Waals surface area contributed by atoms with Crippen LogP contribution in [0.25, 0.3) is 5.76 Å². The number of rotatable bonds is 7. The minimum Gasteiger partial charge on any atom is -0.507 e. The van der Waals surface area contributed by atoms with Crippen LogP contribution in [0.3, 0.4) is 0 Å². The Kier molecular flexibility index (Phi) is 7.39. The third-order valence-corrected chi connectivity index (χ3v) is 6.31. The number of nitrogens with zero attached hydrogens (tertiary/aromatic N) is 1. The molecule has 4 rings (SSSR count). The van der Waals surface area contributed by atoms with E-state index in [1.165, 1.54) is 20.3 Å². The minimum atomic E-state index is -1.20. The summed E-state index contributed by atoms with van der Waals surface area (Å²) in [6, 6.07) is 9.98. The Balaban J connectivity index is 2.04. The first-order valence-corrected chi connectivity index (χ1v) is 11.8. The van der Waals surface area contributed by atoms with E-state index in [1.807, 2.05) is 13.0 Å². The molecule has 1 unspecified atom stereocenters. The van der Waals surface area contributed by atoms with Gasteiger partial charge in [-0.3, -0.25) is 14.5 Å². The quantitative estimate of drug-likeness (QED) is 0.246. The van der Waals surface area contributed by atoms with Crippen LogP contribution < -0.4 is 19.1 Å². The molecule has 3 aromatic carbocycles. The zero-order valence-corrected chi connectivity index (χ0v) is 21.6. The maximum atomic E-state index is 14.2. The first kappa shape index (κ1) is 26.7. The fraction of sp³-hybridized carbons (Fsp3) is 0.241. The molecule has 1 N–H and O–H groups in total. The highest BCUT2D eigenvalue weighted by atomic mass is 19.2. The van der Waals surface area contributed by atoms with Crippen molar-refractivity contribution in [1.29, 1.82) is 0 Å². The number of aliphatic hydroxyl groups is 1. The highest BCUT2D eigenvalue weighted by Crippen LogP contribution is 2.45. The largest absolute Gasteiger partial charge is 0.507 e. The van der Waals surface area contributed by atoms with Crippen LogP contribution in [0.4, 0.5) is 14.5 Å². The number of ether oxygens (including phenoxy) is 3. The Morgan fingerprint density at radius 3 is 2.32 bits per heavy atom. The van der Waals surface area contributed by atoms with Gasteiger partial charge in [-0.1, -0.05) is 12.1 Å². The molecule has 3 aromatic rings. The molecule has 0 aliphatic carbocycles. The predicted molar refractivity (Wildman–Crippen MR) is 138 cm³/mol. The van der Waals surface area contributed by atoms with E-state index in [4.69, 9.17) is 14.2 Å². The van der Waals surface area contributed by atoms with Gasteiger partial charge in [-0.2, -0.15) is 0 Å². The monoisotopic (exact) mass is 523 g/mol. The topological polar surface area (TPSA) is 85.3 Å². The second-order valence-corrected chi connectivity index (χ2v) is 8.77. The fourth-order valence-electron chi connectivity index (χ4n) is 4.73. The Morgan fingerprint density at radius 1 is 0.947 bits per heavy atom. The lowest BCUT2D eigenvalue weighted by atomic mass is 9.93. The van der Waals surface area contributed by atoms with Gasteiger partial charge in [0.25, 0.3) is 11.7 Å². The molecule has 9 heteroatoms. The van der Waals surface area contributed by atoms with E-state index in [0.29, 0.717) is 35.0 Å². The van der Waals surface area contributed by atoms with Gasteiger partial charge < -0.3 is 19.3 Å². The molecule has 1 aliphatic heterocycles. The lowest BCUT2D eigenvalue weighted by molar-refractivity contribution is -0.132. The number of carbonyl (C=O) groups is 2. The SMILES string of the molecule is CCOc1cc(C2/C(=C(\O)c3cc(C)cc(C)c3OC)C(=O)C(=O)N2c2ccc(F)c(F)c2)ccc1OC. The normalized spacial score (nSPS) is 16.6. The van der Waals surface area contributed by atoms with Crippen molar-refractivity contribution >= 4 is 23.1 Å². The standard InChI is InChI=1S/C29H27F2NO6/c1-6-38-23-13-17(7-10-22(23)36-4)25-24(26(33)19-12-15(2)11-16(3)28(19)37-5)27(34)29(35)32(25)18-8-9-20(30)21(31)14-18/h7-14,25,33H,6H2,1-5H3/b26-24+. The summed E-state index contributed by atoms with van der Waals surface area (Å²) in [6.07, 6.45) is 0. The molecule has 1 heterocycles. The summed E-state index contributed by atoms with van der Waals surface area (Å²) in [5, 5.41) is 11.5. The summed E-state index contributed by atoms with van der Waals surface area (Å²) in [7, 11) is 2.90. The maximum Gasteiger partial charge on any atom is 0.300 e. The number of anilines is 1. The van der Waals surface area contributed by atoms with Gasteiger partial charge in [0.2, 0.25) is 0 Å². The van der Waals surface area contributed by atoms with Crippen molar-refractivity contribution in [3.8, 4) is 17.2 Å². The van der Waals surface area contributed by atoms with Crippen LogP contribution in [0.2, 0.25) is 0 Å². The van der Waals surface area contributed by atoms with Crippen LogP contribution in [-0.2, 0) is 9.59 Å². The number of hydrogen-bond donors (Lipinski definition) is 1. The second kappa shape index (κ2) is 10.5. The lowest BCUT2D eigenvalue weighted by Gasteiger charge is -2.26. The summed E-state index contributed by atoms with van der Waals surface area (Å²) >= 11 is 0. The minimum absolute atomic E-state index is 0.0591. The molecular formula is C29H27F2NO6. The van der Waals surface area contributed by atoms with Gasteiger partial charge in [-0.15, -0.1) is 0 Å². The first-order chi connectivity index (χ1) is 18.1. The Morgan fingerprint density at radius 2 is 1.68 bits per heavy atom. The van der Waals surface area contributed by atoms with Crippen LogP contribution >= 0.6 is 0 Å². The third kappa shape index (κ3) is 4.55. The molecule has 1 atom stereocenters. The van der Waals surface area contributed by atoms with Crippen molar-refractivity contribution in [1.82, 2.24) is 0 Å². The van der Waals surface area contributed by atoms with Crippen molar-refractivity contribution in [2.45, 2.75) is 26.8 Å². The highest BCUT2D eigenvalue weighted by Gasteiger charge is 2.47. The number of ketones is 1. The summed E-state index contributed by atoms with van der Waals surface area (Å²) in [4.78, 5) is 27.9. The zero-order chi connectivity index (χ0) is 27.7. The van der Waals surface area contributed by atoms with E-state index in [1.54, 1.807) is 38.1 Å². The number of aliphatic hydroxyl groups excluding tert-OH is 1. The molecule has 38 heavy (non-hydrogen) atoms. The number of methoxy groups -OCH3 is 2. The third-order valence-electron chi connectivity index (χ3n) is 6.31. The molecule has 0 radical (unpaired) electrons. The van der Waals surface area contributed by atoms with Crippen molar-refractivity contribution in [3.63, 3.8) is 0 Å². The average Bonchev–Trinajstić information content (AvgIpc) is 3.15. The Bertz CT molecular complexity index is 1470. The molecule has 0 aromatic heterocycles. The number of benzene rings is 3. The van der Waals surface area contributed by atoms with Crippen LogP contribution in [-0.4, -0.2) is 37.6 Å². The van der Waals surface area contributed by atoms with Gasteiger partial charge in [0.15, 0.2) is 23.1 Å². The predicted octanol–water partition coefficient (Wildman–Crippen LogP) is 5.62. The molecule has 0 spiro atoms. The van der Waals surface area contributed by atoms with Gasteiger partial charge in [-0.05, 0) is 67.8 Å². The molecule has 7 nitrogen and oxygen atoms in total. The summed E-state index contributed by atoms with van der Waals surface area (Å²) < 4.78 is 44.5. The van der Waals surface area contributed by atoms with Gasteiger partial charge in [0.05, 0.1) is 38.0 Å². The van der Waals surface area contributed by atoms with Gasteiger partial charge in [0.1, 0.15) is 11.5 Å². The lowest BCUT2D eigenvalue weighted by Crippen LogP contribution is -2.29. The van der Waals surface area contributed by atoms with E-state index >= 15 is 0 Å². The summed E-state index contributed by atoms with van der Waals surface area (Å²) in [5.41, 5.74) is 1.80. The highest BCUT2D eigenvalue weighted by molar-refractivity contribution is 6.51. The molecule has 198 valence electrons. The Hall–Kier alpha value is -4.40. The number of hydrogen-bond acceptors (Lipinski definition) is 6. The van der Waals surface area contributed by atoms with Gasteiger partial charge in [0, 0.05) is 11.8 Å². The van der Waals surface area contributed by atoms with Crippen molar-refractivity contribution in [2.75, 3.05) is 25.7 Å². The van der Waals surface area contributed by atoms with Crippen LogP contribution in [0.1, 0.15) is 35.2 Å². The van der Waals surface area contributed by atoms with E-state index in [2.05, 4.69) is 0 Å². The molecule has 1 saturated heterocycles. The van der Waals surface area contributed by atoms with E-state index < -0.39 is 35.1 Å². The second-order valence-electron chi connectivity index (χ2n) is 8.77. The van der Waals surface area contributed by atoms with Crippen molar-refractivity contribution in [2.24, 2.45) is 0 Å². The number of Topliss-reactive ketones (excluding diaryl/α,β-unsaturated/α-hetero) is 1. The number of aryl methyl sites for hydroxylation is 2. The number of halogens is 2. The smallest absolute Gasteiger partial charge is 0.300 e. The van der Waals surface area contributed by atoms with Crippen LogP contribution in [0, 0.1) is 25.5 Å². The molecule has 0 bridgehead atoms. The molecule has 0 saturated carbocycles. The van der Waals surface area contributed by atoms with E-state index in [9.17, 15) is 23.5 Å². The van der Waals surface area contributed by atoms with Gasteiger partial charge in [-0.25, -0.2) is 8.78 Å². The summed E-state index contributed by atoms with van der Waals surface area (Å²) in [6.45, 7) is 5.70. The fourth-order valence-corrected chi connectivity index (χ4v) is 4.73. The van der Waals surface area contributed by atoms with Crippen molar-refractivity contribution in [3.05, 3.63) is 88.0 Å². The van der Waals surface area contributed by atoms with Crippen LogP contribution in [0.15, 0.2) is 54.1 Å². The van der Waals surface area contributed by atoms with Crippen molar-refractivity contribution < 1.29 is 37.7 Å². The summed E-state index contributed by atoms with van der Waals surface area (Å²) in [5.74, 6) is -3.68. The number of amides is 1. The molecular weight excluding hydrogens is 496 g/mol. The Labute approximate surface area is 218 Å². The molecule has 1 aliphatic rings. The average molecular weight is 524 g/mol. The first-order valence-electron chi connectivity index (χ1n) is 11.8. The maximum absolute atomic E-state index is 14.2.